The van der Waals surface area contributed by atoms with Crippen molar-refractivity contribution >= 4 is 34.9 Å². The molecule has 0 saturated carbocycles. The number of H-pyrrole nitrogens is 1. The average Bonchev–Trinajstić information content (AvgIpc) is 2.77. The molecule has 0 aliphatic heterocycles. The number of aromatic amines is 1. The molecule has 1 N–H and O–H groups in total. The molecule has 0 fully saturated rings. The van der Waals surface area contributed by atoms with E-state index in [1.54, 1.807) is 0 Å². The standard InChI is InChI=1S/C13H10N2Se/c1-2-4-11(5-3-1)16-12-8-10-6-7-14-13(10)15-9-12/h1-9H,(H,14,15). The third-order valence-corrected chi connectivity index (χ3v) is 4.38. The van der Waals surface area contributed by atoms with Crippen LogP contribution in [0.4, 0.5) is 0 Å². The molecule has 0 amide bonds. The van der Waals surface area contributed by atoms with Crippen LogP contribution in [0.2, 0.25) is 0 Å². The zero-order valence-electron chi connectivity index (χ0n) is 8.55. The molecule has 0 spiro atoms. The zero-order chi connectivity index (χ0) is 10.8. The molecule has 0 atom stereocenters. The normalized spacial score (nSPS) is 10.8. The van der Waals surface area contributed by atoms with Gasteiger partial charge in [0.05, 0.1) is 0 Å². The van der Waals surface area contributed by atoms with Gasteiger partial charge in [0.25, 0.3) is 0 Å². The number of rotatable bonds is 2. The van der Waals surface area contributed by atoms with E-state index in [2.05, 4.69) is 46.4 Å². The third kappa shape index (κ3) is 1.87. The Morgan fingerprint density at radius 2 is 1.88 bits per heavy atom. The topological polar surface area (TPSA) is 28.7 Å². The molecule has 0 saturated heterocycles. The molecule has 2 nitrogen and oxygen atoms in total. The molecule has 3 heteroatoms. The fourth-order valence-corrected chi connectivity index (χ4v) is 3.40. The molecule has 16 heavy (non-hydrogen) atoms. The van der Waals surface area contributed by atoms with Crippen molar-refractivity contribution in [3.05, 3.63) is 54.9 Å². The van der Waals surface area contributed by atoms with Crippen LogP contribution in [0.5, 0.6) is 0 Å². The first-order chi connectivity index (χ1) is 7.92. The van der Waals surface area contributed by atoms with Crippen molar-refractivity contribution in [2.24, 2.45) is 0 Å². The number of fused-ring (bicyclic) bond motifs is 1. The van der Waals surface area contributed by atoms with Gasteiger partial charge in [-0.05, 0) is 0 Å². The zero-order valence-corrected chi connectivity index (χ0v) is 10.3. The first-order valence-corrected chi connectivity index (χ1v) is 6.79. The van der Waals surface area contributed by atoms with Gasteiger partial charge < -0.3 is 0 Å². The van der Waals surface area contributed by atoms with Crippen molar-refractivity contribution in [1.82, 2.24) is 9.97 Å². The van der Waals surface area contributed by atoms with Gasteiger partial charge in [-0.15, -0.1) is 0 Å². The van der Waals surface area contributed by atoms with E-state index in [4.69, 9.17) is 0 Å². The molecule has 0 aliphatic rings. The SMILES string of the molecule is c1ccc([Se]c2cnc3[nH]ccc3c2)cc1. The van der Waals surface area contributed by atoms with Crippen molar-refractivity contribution in [3.8, 4) is 0 Å². The maximum absolute atomic E-state index is 4.40. The van der Waals surface area contributed by atoms with E-state index in [0.29, 0.717) is 15.0 Å². The Morgan fingerprint density at radius 1 is 1.00 bits per heavy atom. The second kappa shape index (κ2) is 4.12. The van der Waals surface area contributed by atoms with Crippen LogP contribution in [0.15, 0.2) is 54.9 Å². The molecule has 3 aromatic rings. The number of nitrogens with zero attached hydrogens (tertiary/aromatic N) is 1. The number of hydrogen-bond acceptors (Lipinski definition) is 1. The molecule has 78 valence electrons. The van der Waals surface area contributed by atoms with Crippen LogP contribution in [0, 0.1) is 0 Å². The van der Waals surface area contributed by atoms with Crippen LogP contribution in [-0.2, 0) is 0 Å². The number of benzene rings is 1. The maximum atomic E-state index is 4.40. The molecule has 1 aromatic carbocycles. The van der Waals surface area contributed by atoms with E-state index in [0.717, 1.165) is 5.65 Å². The van der Waals surface area contributed by atoms with Crippen LogP contribution < -0.4 is 8.92 Å². The summed E-state index contributed by atoms with van der Waals surface area (Å²) in [6, 6.07) is 14.8. The van der Waals surface area contributed by atoms with E-state index >= 15 is 0 Å². The second-order valence-corrected chi connectivity index (χ2v) is 5.91. The van der Waals surface area contributed by atoms with Crippen molar-refractivity contribution in [3.63, 3.8) is 0 Å². The van der Waals surface area contributed by atoms with Gasteiger partial charge >= 0.3 is 99.7 Å². The fourth-order valence-electron chi connectivity index (χ4n) is 1.60. The Labute approximate surface area is 99.9 Å². The van der Waals surface area contributed by atoms with Crippen molar-refractivity contribution in [2.45, 2.75) is 0 Å². The van der Waals surface area contributed by atoms with Gasteiger partial charge in [0.15, 0.2) is 0 Å². The number of nitrogens with one attached hydrogen (secondary N) is 1. The Bertz CT molecular complexity index is 601. The van der Waals surface area contributed by atoms with Crippen molar-refractivity contribution < 1.29 is 0 Å². The van der Waals surface area contributed by atoms with E-state index in [1.165, 1.54) is 14.3 Å². The van der Waals surface area contributed by atoms with Gasteiger partial charge in [-0.2, -0.15) is 0 Å². The summed E-state index contributed by atoms with van der Waals surface area (Å²) < 4.78 is 2.69. The van der Waals surface area contributed by atoms with Gasteiger partial charge in [-0.25, -0.2) is 0 Å². The van der Waals surface area contributed by atoms with E-state index in [9.17, 15) is 0 Å². The Hall–Kier alpha value is -1.57. The number of aromatic nitrogens is 2. The molecule has 2 aromatic heterocycles. The molecular formula is C13H10N2Se. The summed E-state index contributed by atoms with van der Waals surface area (Å²) in [5.41, 5.74) is 0.965. The molecule has 0 aliphatic carbocycles. The van der Waals surface area contributed by atoms with Crippen LogP contribution in [0.3, 0.4) is 0 Å². The van der Waals surface area contributed by atoms with E-state index in [1.807, 2.05) is 18.5 Å². The predicted octanol–water partition coefficient (Wildman–Crippen LogP) is 1.22. The quantitative estimate of drug-likeness (QED) is 0.699. The Balaban J connectivity index is 1.94. The van der Waals surface area contributed by atoms with Crippen LogP contribution >= 0.6 is 0 Å². The minimum absolute atomic E-state index is 0.347. The molecule has 0 radical (unpaired) electrons. The van der Waals surface area contributed by atoms with Gasteiger partial charge in [-0.1, -0.05) is 0 Å². The van der Waals surface area contributed by atoms with E-state index < -0.39 is 0 Å². The summed E-state index contributed by atoms with van der Waals surface area (Å²) in [5, 5.41) is 1.19. The summed E-state index contributed by atoms with van der Waals surface area (Å²) in [6.07, 6.45) is 3.89. The van der Waals surface area contributed by atoms with Crippen molar-refractivity contribution in [1.29, 1.82) is 0 Å². The summed E-state index contributed by atoms with van der Waals surface area (Å²) in [4.78, 5) is 7.50. The monoisotopic (exact) mass is 274 g/mol. The number of pyridine rings is 1. The Morgan fingerprint density at radius 3 is 2.75 bits per heavy atom. The van der Waals surface area contributed by atoms with Crippen LogP contribution in [-0.4, -0.2) is 24.9 Å². The summed E-state index contributed by atoms with van der Waals surface area (Å²) in [5.74, 6) is 0. The van der Waals surface area contributed by atoms with Crippen LogP contribution in [0.25, 0.3) is 11.0 Å². The van der Waals surface area contributed by atoms with Gasteiger partial charge in [0.1, 0.15) is 0 Å². The van der Waals surface area contributed by atoms with Gasteiger partial charge in [-0.3, -0.25) is 0 Å². The molecule has 3 rings (SSSR count). The summed E-state index contributed by atoms with van der Waals surface area (Å²) in [7, 11) is 0. The van der Waals surface area contributed by atoms with Gasteiger partial charge in [0, 0.05) is 0 Å². The molecule has 0 unspecified atom stereocenters. The first kappa shape index (κ1) is 9.64. The molecule has 0 bridgehead atoms. The van der Waals surface area contributed by atoms with Crippen molar-refractivity contribution in [2.75, 3.05) is 0 Å². The Kier molecular flexibility index (Phi) is 2.49. The number of hydrogen-bond donors (Lipinski definition) is 1. The molecule has 2 heterocycles. The van der Waals surface area contributed by atoms with Gasteiger partial charge in [0.2, 0.25) is 0 Å². The molecular weight excluding hydrogens is 263 g/mol. The van der Waals surface area contributed by atoms with E-state index in [-0.39, 0.29) is 0 Å². The first-order valence-electron chi connectivity index (χ1n) is 5.08. The average molecular weight is 273 g/mol. The second-order valence-electron chi connectivity index (χ2n) is 3.50. The summed E-state index contributed by atoms with van der Waals surface area (Å²) in [6.45, 7) is 0. The third-order valence-electron chi connectivity index (χ3n) is 2.35. The minimum atomic E-state index is 0.347. The van der Waals surface area contributed by atoms with Crippen LogP contribution in [0.1, 0.15) is 0 Å². The predicted molar refractivity (Wildman–Crippen MR) is 67.6 cm³/mol. The fraction of sp³-hybridized carbons (Fsp3) is 0. The summed E-state index contributed by atoms with van der Waals surface area (Å²) >= 11 is 0.347.